The Bertz CT molecular complexity index is 1450. The summed E-state index contributed by atoms with van der Waals surface area (Å²) in [5.74, 6) is 1.73. The first-order chi connectivity index (χ1) is 16.7. The molecule has 6 rings (SSSR count). The lowest BCUT2D eigenvalue weighted by atomic mass is 10.1. The van der Waals surface area contributed by atoms with E-state index < -0.39 is 0 Å². The summed E-state index contributed by atoms with van der Waals surface area (Å²) in [6, 6.07) is 15.1. The third-order valence-corrected chi connectivity index (χ3v) is 7.08. The van der Waals surface area contributed by atoms with Crippen molar-refractivity contribution in [3.63, 3.8) is 0 Å². The van der Waals surface area contributed by atoms with Crippen molar-refractivity contribution < 1.29 is 18.7 Å². The number of nitrogens with one attached hydrogen (secondary N) is 1. The highest BCUT2D eigenvalue weighted by Gasteiger charge is 2.24. The molecule has 9 heteroatoms. The molecule has 1 N–H and O–H groups in total. The molecule has 172 valence electrons. The van der Waals surface area contributed by atoms with Crippen LogP contribution in [0.4, 0.5) is 0 Å². The second-order valence-electron chi connectivity index (χ2n) is 8.23. The first-order valence-electron chi connectivity index (χ1n) is 11.0. The maximum absolute atomic E-state index is 13.4. The van der Waals surface area contributed by atoms with Crippen LogP contribution in [0.3, 0.4) is 0 Å². The molecule has 3 heterocycles. The quantitative estimate of drug-likeness (QED) is 0.336. The van der Waals surface area contributed by atoms with E-state index in [2.05, 4.69) is 17.4 Å². The number of hydrogen-bond donors (Lipinski definition) is 1. The number of rotatable bonds is 6. The zero-order valence-corrected chi connectivity index (χ0v) is 19.0. The average molecular weight is 476 g/mol. The molecule has 2 aromatic carbocycles. The minimum absolute atomic E-state index is 0.0129. The smallest absolute Gasteiger partial charge is 0.262 e. The Morgan fingerprint density at radius 2 is 2.00 bits per heavy atom. The fraction of sp³-hybridized carbons (Fsp3) is 0.240. The lowest BCUT2D eigenvalue weighted by Crippen LogP contribution is -2.29. The largest absolute Gasteiger partial charge is 0.467 e. The maximum Gasteiger partial charge on any atom is 0.262 e. The van der Waals surface area contributed by atoms with Gasteiger partial charge in [0, 0.05) is 6.07 Å². The molecule has 1 amide bonds. The Morgan fingerprint density at radius 1 is 1.15 bits per heavy atom. The minimum Gasteiger partial charge on any atom is -0.467 e. The highest BCUT2D eigenvalue weighted by Crippen LogP contribution is 2.35. The van der Waals surface area contributed by atoms with Gasteiger partial charge >= 0.3 is 0 Å². The molecule has 1 aliphatic carbocycles. The van der Waals surface area contributed by atoms with Crippen molar-refractivity contribution in [1.82, 2.24) is 14.9 Å². The zero-order chi connectivity index (χ0) is 23.1. The van der Waals surface area contributed by atoms with Crippen molar-refractivity contribution >= 4 is 28.6 Å². The van der Waals surface area contributed by atoms with Crippen LogP contribution in [0.1, 0.15) is 29.3 Å². The van der Waals surface area contributed by atoms with Gasteiger partial charge in [0.15, 0.2) is 16.7 Å². The molecule has 2 aromatic heterocycles. The number of carbonyl (C=O) groups is 1. The first-order valence-corrected chi connectivity index (χ1v) is 12.0. The fourth-order valence-corrected chi connectivity index (χ4v) is 5.28. The molecule has 1 atom stereocenters. The molecule has 0 radical (unpaired) electrons. The number of hydrogen-bond acceptors (Lipinski definition) is 7. The molecule has 2 aliphatic rings. The number of carbonyl (C=O) groups excluding carboxylic acids is 1. The van der Waals surface area contributed by atoms with Gasteiger partial charge < -0.3 is 19.2 Å². The van der Waals surface area contributed by atoms with Crippen molar-refractivity contribution in [3.8, 4) is 11.5 Å². The normalized spacial score (nSPS) is 16.1. The number of fused-ring (bicyclic) bond motifs is 3. The SMILES string of the molecule is O=C(CSc1nc2cc3c(cc2c(=O)n1Cc1ccco1)OCO3)NC1CCc2ccccc21. The summed E-state index contributed by atoms with van der Waals surface area (Å²) < 4.78 is 17.9. The van der Waals surface area contributed by atoms with Crippen LogP contribution in [0.2, 0.25) is 0 Å². The summed E-state index contributed by atoms with van der Waals surface area (Å²) in [6.45, 7) is 0.321. The van der Waals surface area contributed by atoms with E-state index in [4.69, 9.17) is 18.9 Å². The van der Waals surface area contributed by atoms with Gasteiger partial charge in [0.25, 0.3) is 5.56 Å². The summed E-state index contributed by atoms with van der Waals surface area (Å²) in [6.07, 6.45) is 3.41. The van der Waals surface area contributed by atoms with Crippen LogP contribution < -0.4 is 20.3 Å². The van der Waals surface area contributed by atoms with Gasteiger partial charge in [0.2, 0.25) is 12.7 Å². The van der Waals surface area contributed by atoms with Crippen LogP contribution in [-0.4, -0.2) is 28.0 Å². The van der Waals surface area contributed by atoms with E-state index in [0.717, 1.165) is 12.8 Å². The minimum atomic E-state index is -0.229. The van der Waals surface area contributed by atoms with Crippen LogP contribution in [0.25, 0.3) is 10.9 Å². The predicted octanol–water partition coefficient (Wildman–Crippen LogP) is 3.66. The molecule has 0 saturated heterocycles. The second-order valence-corrected chi connectivity index (χ2v) is 9.18. The van der Waals surface area contributed by atoms with Crippen LogP contribution in [0.5, 0.6) is 11.5 Å². The van der Waals surface area contributed by atoms with Gasteiger partial charge in [0.1, 0.15) is 5.76 Å². The molecule has 1 unspecified atom stereocenters. The molecule has 0 saturated carbocycles. The van der Waals surface area contributed by atoms with Crippen LogP contribution >= 0.6 is 11.8 Å². The summed E-state index contributed by atoms with van der Waals surface area (Å²) in [5.41, 5.74) is 2.73. The van der Waals surface area contributed by atoms with Gasteiger partial charge in [0.05, 0.1) is 35.5 Å². The van der Waals surface area contributed by atoms with Gasteiger partial charge in [-0.15, -0.1) is 0 Å². The summed E-state index contributed by atoms with van der Waals surface area (Å²) in [7, 11) is 0. The van der Waals surface area contributed by atoms with Gasteiger partial charge in [-0.25, -0.2) is 4.98 Å². The monoisotopic (exact) mass is 475 g/mol. The summed E-state index contributed by atoms with van der Waals surface area (Å²) in [5, 5.41) is 3.99. The molecule has 0 fully saturated rings. The zero-order valence-electron chi connectivity index (χ0n) is 18.2. The van der Waals surface area contributed by atoms with Gasteiger partial charge in [-0.05, 0) is 42.2 Å². The molecule has 8 nitrogen and oxygen atoms in total. The number of aryl methyl sites for hydroxylation is 1. The van der Waals surface area contributed by atoms with Crippen molar-refractivity contribution in [1.29, 1.82) is 0 Å². The number of nitrogens with zero attached hydrogens (tertiary/aromatic N) is 2. The summed E-state index contributed by atoms with van der Waals surface area (Å²) in [4.78, 5) is 30.9. The molecule has 0 bridgehead atoms. The van der Waals surface area contributed by atoms with Crippen LogP contribution in [-0.2, 0) is 17.8 Å². The Labute approximate surface area is 198 Å². The Morgan fingerprint density at radius 3 is 2.85 bits per heavy atom. The lowest BCUT2D eigenvalue weighted by molar-refractivity contribution is -0.119. The van der Waals surface area contributed by atoms with Crippen LogP contribution in [0.15, 0.2) is 69.2 Å². The predicted molar refractivity (Wildman–Crippen MR) is 126 cm³/mol. The molecule has 4 aromatic rings. The molecule has 1 aliphatic heterocycles. The number of thioether (sulfide) groups is 1. The number of aromatic nitrogens is 2. The fourth-order valence-electron chi connectivity index (χ4n) is 4.47. The number of ether oxygens (including phenoxy) is 2. The van der Waals surface area contributed by atoms with Crippen molar-refractivity contribution in [2.75, 3.05) is 12.5 Å². The highest BCUT2D eigenvalue weighted by atomic mass is 32.2. The number of amides is 1. The third-order valence-electron chi connectivity index (χ3n) is 6.11. The topological polar surface area (TPSA) is 95.6 Å². The molecular weight excluding hydrogens is 454 g/mol. The summed E-state index contributed by atoms with van der Waals surface area (Å²) >= 11 is 1.23. The van der Waals surface area contributed by atoms with E-state index in [1.807, 2.05) is 12.1 Å². The van der Waals surface area contributed by atoms with E-state index in [9.17, 15) is 9.59 Å². The second kappa shape index (κ2) is 8.57. The first kappa shape index (κ1) is 20.9. The van der Waals surface area contributed by atoms with E-state index in [1.54, 1.807) is 30.5 Å². The number of furan rings is 1. The van der Waals surface area contributed by atoms with Crippen molar-refractivity contribution in [2.45, 2.75) is 30.6 Å². The Kier molecular flexibility index (Phi) is 5.26. The lowest BCUT2D eigenvalue weighted by Gasteiger charge is -2.15. The van der Waals surface area contributed by atoms with Crippen molar-refractivity contribution in [2.24, 2.45) is 0 Å². The van der Waals surface area contributed by atoms with E-state index >= 15 is 0 Å². The molecule has 34 heavy (non-hydrogen) atoms. The molecular formula is C25H21N3O5S. The highest BCUT2D eigenvalue weighted by molar-refractivity contribution is 7.99. The van der Waals surface area contributed by atoms with E-state index in [-0.39, 0.29) is 36.6 Å². The Hall–Kier alpha value is -3.72. The third kappa shape index (κ3) is 3.81. The number of benzene rings is 2. The maximum atomic E-state index is 13.4. The molecule has 0 spiro atoms. The van der Waals surface area contributed by atoms with Crippen LogP contribution in [0, 0.1) is 0 Å². The van der Waals surface area contributed by atoms with Gasteiger partial charge in [-0.3, -0.25) is 14.2 Å². The Balaban J connectivity index is 1.28. The van der Waals surface area contributed by atoms with E-state index in [1.165, 1.54) is 27.5 Å². The van der Waals surface area contributed by atoms with Gasteiger partial charge in [-0.1, -0.05) is 36.0 Å². The van der Waals surface area contributed by atoms with E-state index in [0.29, 0.717) is 33.3 Å². The van der Waals surface area contributed by atoms with Gasteiger partial charge in [-0.2, -0.15) is 0 Å². The average Bonchev–Trinajstić information content (AvgIpc) is 3.60. The van der Waals surface area contributed by atoms with Crippen molar-refractivity contribution in [3.05, 3.63) is 82.0 Å². The standard InChI is InChI=1S/C25H21N3O5S/c29-23(26-19-8-7-15-4-1-2-6-17(15)19)13-34-25-27-20-11-22-21(32-14-33-22)10-18(20)24(30)28(25)12-16-5-3-9-31-16/h1-6,9-11,19H,7-8,12-14H2,(H,26,29).